The van der Waals surface area contributed by atoms with E-state index in [0.29, 0.717) is 10.6 Å². The maximum atomic E-state index is 11.9. The maximum Gasteiger partial charge on any atom is 0.320 e. The summed E-state index contributed by atoms with van der Waals surface area (Å²) in [6.07, 6.45) is 1.76. The SMILES string of the molecule is Cc1sc(NC(=O)CNC(C(=O)O)C2CC2)c(C#N)c1C. The number of hydrogen-bond acceptors (Lipinski definition) is 5. The number of nitriles is 1. The average molecular weight is 307 g/mol. The van der Waals surface area contributed by atoms with Crippen molar-refractivity contribution in [3.63, 3.8) is 0 Å². The van der Waals surface area contributed by atoms with E-state index in [4.69, 9.17) is 10.4 Å². The Morgan fingerprint density at radius 2 is 2.14 bits per heavy atom. The van der Waals surface area contributed by atoms with Crippen molar-refractivity contribution < 1.29 is 14.7 Å². The highest BCUT2D eigenvalue weighted by Crippen LogP contribution is 2.33. The van der Waals surface area contributed by atoms with Crippen LogP contribution in [-0.4, -0.2) is 29.6 Å². The second-order valence-corrected chi connectivity index (χ2v) is 6.41. The lowest BCUT2D eigenvalue weighted by atomic mass is 10.2. The van der Waals surface area contributed by atoms with Gasteiger partial charge in [-0.05, 0) is 38.2 Å². The first-order chi connectivity index (χ1) is 9.93. The average Bonchev–Trinajstić information content (AvgIpc) is 3.19. The molecule has 7 heteroatoms. The summed E-state index contributed by atoms with van der Waals surface area (Å²) >= 11 is 1.35. The normalized spacial score (nSPS) is 15.3. The second kappa shape index (κ2) is 6.24. The lowest BCUT2D eigenvalue weighted by molar-refractivity contribution is -0.140. The molecule has 3 N–H and O–H groups in total. The number of nitrogens with zero attached hydrogens (tertiary/aromatic N) is 1. The fourth-order valence-corrected chi connectivity index (χ4v) is 3.14. The molecular weight excluding hydrogens is 290 g/mol. The van der Waals surface area contributed by atoms with Crippen LogP contribution in [0.5, 0.6) is 0 Å². The Morgan fingerprint density at radius 1 is 1.48 bits per heavy atom. The summed E-state index contributed by atoms with van der Waals surface area (Å²) in [7, 11) is 0. The largest absolute Gasteiger partial charge is 0.480 e. The van der Waals surface area contributed by atoms with Crippen molar-refractivity contribution in [1.29, 1.82) is 5.26 Å². The third kappa shape index (κ3) is 3.60. The molecule has 0 aromatic carbocycles. The lowest BCUT2D eigenvalue weighted by Gasteiger charge is -2.13. The van der Waals surface area contributed by atoms with Gasteiger partial charge in [-0.2, -0.15) is 5.26 Å². The number of rotatable bonds is 6. The minimum absolute atomic E-state index is 0.0751. The molecule has 21 heavy (non-hydrogen) atoms. The quantitative estimate of drug-likeness (QED) is 0.741. The Bertz CT molecular complexity index is 614. The summed E-state index contributed by atoms with van der Waals surface area (Å²) in [6.45, 7) is 3.66. The Kier molecular flexibility index (Phi) is 4.60. The van der Waals surface area contributed by atoms with Gasteiger partial charge in [0.15, 0.2) is 0 Å². The third-order valence-electron chi connectivity index (χ3n) is 3.59. The summed E-state index contributed by atoms with van der Waals surface area (Å²) in [5, 5.41) is 24.2. The van der Waals surface area contributed by atoms with Gasteiger partial charge in [-0.25, -0.2) is 0 Å². The van der Waals surface area contributed by atoms with Gasteiger partial charge in [-0.3, -0.25) is 14.9 Å². The number of thiophene rings is 1. The van der Waals surface area contributed by atoms with E-state index < -0.39 is 12.0 Å². The summed E-state index contributed by atoms with van der Waals surface area (Å²) in [5.74, 6) is -1.14. The molecule has 0 spiro atoms. The first-order valence-corrected chi connectivity index (χ1v) is 7.51. The number of carboxylic acid groups (broad SMARTS) is 1. The predicted octanol–water partition coefficient (Wildman–Crippen LogP) is 1.63. The molecular formula is C14H17N3O3S. The van der Waals surface area contributed by atoms with Gasteiger partial charge in [-0.15, -0.1) is 11.3 Å². The zero-order valence-corrected chi connectivity index (χ0v) is 12.7. The fourth-order valence-electron chi connectivity index (χ4n) is 2.11. The minimum atomic E-state index is -0.925. The Labute approximate surface area is 126 Å². The van der Waals surface area contributed by atoms with E-state index in [0.717, 1.165) is 23.3 Å². The van der Waals surface area contributed by atoms with Gasteiger partial charge >= 0.3 is 5.97 Å². The van der Waals surface area contributed by atoms with Crippen molar-refractivity contribution in [1.82, 2.24) is 5.32 Å². The van der Waals surface area contributed by atoms with Gasteiger partial charge in [0.05, 0.1) is 12.1 Å². The number of anilines is 1. The molecule has 2 rings (SSSR count). The smallest absolute Gasteiger partial charge is 0.320 e. The molecule has 1 saturated carbocycles. The van der Waals surface area contributed by atoms with Crippen molar-refractivity contribution in [3.8, 4) is 6.07 Å². The summed E-state index contributed by atoms with van der Waals surface area (Å²) in [6, 6.07) is 1.41. The summed E-state index contributed by atoms with van der Waals surface area (Å²) in [4.78, 5) is 23.9. The van der Waals surface area contributed by atoms with Gasteiger partial charge in [0.1, 0.15) is 17.1 Å². The fraction of sp³-hybridized carbons (Fsp3) is 0.500. The molecule has 0 aliphatic heterocycles. The van der Waals surface area contributed by atoms with Crippen LogP contribution in [0.3, 0.4) is 0 Å². The van der Waals surface area contributed by atoms with Gasteiger partial charge in [0.25, 0.3) is 0 Å². The highest BCUT2D eigenvalue weighted by atomic mass is 32.1. The van der Waals surface area contributed by atoms with Crippen molar-refractivity contribution in [3.05, 3.63) is 16.0 Å². The monoisotopic (exact) mass is 307 g/mol. The highest BCUT2D eigenvalue weighted by Gasteiger charge is 2.36. The van der Waals surface area contributed by atoms with Crippen molar-refractivity contribution in [2.45, 2.75) is 32.7 Å². The first-order valence-electron chi connectivity index (χ1n) is 6.70. The summed E-state index contributed by atoms with van der Waals surface area (Å²) < 4.78 is 0. The lowest BCUT2D eigenvalue weighted by Crippen LogP contribution is -2.42. The van der Waals surface area contributed by atoms with Crippen LogP contribution >= 0.6 is 11.3 Å². The molecule has 1 atom stereocenters. The van der Waals surface area contributed by atoms with E-state index in [1.54, 1.807) is 0 Å². The molecule has 0 radical (unpaired) electrons. The second-order valence-electron chi connectivity index (χ2n) is 5.18. The molecule has 6 nitrogen and oxygen atoms in total. The molecule has 1 fully saturated rings. The molecule has 1 aliphatic carbocycles. The van der Waals surface area contributed by atoms with Gasteiger partial charge in [0, 0.05) is 4.88 Å². The number of hydrogen-bond donors (Lipinski definition) is 3. The number of amides is 1. The maximum absolute atomic E-state index is 11.9. The molecule has 112 valence electrons. The standard InChI is InChI=1S/C14H17N3O3S/c1-7-8(2)21-13(10(7)5-15)17-11(18)6-16-12(14(19)20)9-3-4-9/h9,12,16H,3-4,6H2,1-2H3,(H,17,18)(H,19,20). The molecule has 0 saturated heterocycles. The van der Waals surface area contributed by atoms with E-state index in [1.165, 1.54) is 11.3 Å². The van der Waals surface area contributed by atoms with E-state index in [1.807, 2.05) is 13.8 Å². The van der Waals surface area contributed by atoms with Crippen LogP contribution in [0.4, 0.5) is 5.00 Å². The molecule has 0 bridgehead atoms. The van der Waals surface area contributed by atoms with Crippen LogP contribution in [0.1, 0.15) is 28.8 Å². The zero-order valence-electron chi connectivity index (χ0n) is 11.9. The number of aliphatic carboxylic acids is 1. The van der Waals surface area contributed by atoms with E-state index >= 15 is 0 Å². The van der Waals surface area contributed by atoms with E-state index in [-0.39, 0.29) is 18.4 Å². The van der Waals surface area contributed by atoms with Gasteiger partial charge < -0.3 is 10.4 Å². The first kappa shape index (κ1) is 15.5. The molecule has 1 unspecified atom stereocenters. The predicted molar refractivity (Wildman–Crippen MR) is 79.3 cm³/mol. The van der Waals surface area contributed by atoms with E-state index in [2.05, 4.69) is 16.7 Å². The van der Waals surface area contributed by atoms with Crippen LogP contribution in [0.15, 0.2) is 0 Å². The van der Waals surface area contributed by atoms with Crippen molar-refractivity contribution >= 4 is 28.2 Å². The topological polar surface area (TPSA) is 102 Å². The zero-order chi connectivity index (χ0) is 15.6. The number of aryl methyl sites for hydroxylation is 1. The summed E-state index contributed by atoms with van der Waals surface area (Å²) in [5.41, 5.74) is 1.34. The highest BCUT2D eigenvalue weighted by molar-refractivity contribution is 7.16. The Hall–Kier alpha value is -1.91. The Balaban J connectivity index is 1.94. The van der Waals surface area contributed by atoms with Gasteiger partial charge in [-0.1, -0.05) is 0 Å². The van der Waals surface area contributed by atoms with Crippen LogP contribution in [-0.2, 0) is 9.59 Å². The van der Waals surface area contributed by atoms with E-state index in [9.17, 15) is 9.59 Å². The van der Waals surface area contributed by atoms with Crippen LogP contribution in [0, 0.1) is 31.1 Å². The minimum Gasteiger partial charge on any atom is -0.480 e. The third-order valence-corrected chi connectivity index (χ3v) is 4.71. The molecule has 1 aromatic heterocycles. The molecule has 1 amide bonds. The molecule has 1 aliphatic rings. The van der Waals surface area contributed by atoms with Crippen LogP contribution in [0.25, 0.3) is 0 Å². The molecule has 1 aromatic rings. The van der Waals surface area contributed by atoms with Gasteiger partial charge in [0.2, 0.25) is 5.91 Å². The van der Waals surface area contributed by atoms with Crippen LogP contribution < -0.4 is 10.6 Å². The van der Waals surface area contributed by atoms with Crippen molar-refractivity contribution in [2.24, 2.45) is 5.92 Å². The number of carboxylic acids is 1. The molecule has 1 heterocycles. The van der Waals surface area contributed by atoms with Crippen LogP contribution in [0.2, 0.25) is 0 Å². The number of nitrogens with one attached hydrogen (secondary N) is 2. The Morgan fingerprint density at radius 3 is 2.67 bits per heavy atom. The van der Waals surface area contributed by atoms with Crippen molar-refractivity contribution in [2.75, 3.05) is 11.9 Å². The number of carbonyl (C=O) groups is 2. The number of carbonyl (C=O) groups excluding carboxylic acids is 1.